The van der Waals surface area contributed by atoms with Gasteiger partial charge in [0.05, 0.1) is 28.8 Å². The number of nitrogens with zero attached hydrogens (tertiary/aromatic N) is 4. The first kappa shape index (κ1) is 25.9. The minimum absolute atomic E-state index is 0.0913. The van der Waals surface area contributed by atoms with E-state index in [-0.39, 0.29) is 24.5 Å². The first-order valence-corrected chi connectivity index (χ1v) is 14.1. The second-order valence-corrected chi connectivity index (χ2v) is 11.9. The molecule has 4 heterocycles. The summed E-state index contributed by atoms with van der Waals surface area (Å²) in [6.45, 7) is 5.10. The Kier molecular flexibility index (Phi) is 7.13. The molecule has 3 aromatic heterocycles. The number of carbonyl (C=O) groups excluding carboxylic acids is 1. The number of aliphatic hydroxyl groups excluding tert-OH is 1. The number of aryl methyl sites for hydroxylation is 2. The van der Waals surface area contributed by atoms with E-state index in [1.54, 1.807) is 0 Å². The Bertz CT molecular complexity index is 1420. The van der Waals surface area contributed by atoms with Crippen LogP contribution in [-0.2, 0) is 21.6 Å². The standard InChI is InChI=1S/C23H28N6O6S2/c1-12-10-29-3-4-35-21(23(29)27-12)16-7-19(36-13(16)2)20(31)17-9-24-11-25-22(17)28-15-5-14(18(30)6-15)8-26-37(32,33)34/h7,9-11,14-15,18,21,26,30H,3-6,8H2,1-2H3,(H,24,25,28)(H,32,33,34)/t14-,15-,18+,21+/m1/s1. The van der Waals surface area contributed by atoms with Gasteiger partial charge in [-0.25, -0.2) is 15.0 Å². The van der Waals surface area contributed by atoms with Crippen LogP contribution in [0.1, 0.15) is 56.1 Å². The summed E-state index contributed by atoms with van der Waals surface area (Å²) in [5.41, 5.74) is 2.12. The number of fused-ring (bicyclic) bond motifs is 1. The Morgan fingerprint density at radius 1 is 1.32 bits per heavy atom. The van der Waals surface area contributed by atoms with Gasteiger partial charge in [-0.3, -0.25) is 9.35 Å². The van der Waals surface area contributed by atoms with Crippen LogP contribution in [0, 0.1) is 19.8 Å². The lowest BCUT2D eigenvalue weighted by molar-refractivity contribution is 0.0429. The summed E-state index contributed by atoms with van der Waals surface area (Å²) in [4.78, 5) is 28.0. The van der Waals surface area contributed by atoms with Crippen LogP contribution in [0.3, 0.4) is 0 Å². The molecule has 0 radical (unpaired) electrons. The summed E-state index contributed by atoms with van der Waals surface area (Å²) in [7, 11) is -4.34. The van der Waals surface area contributed by atoms with Gasteiger partial charge < -0.3 is 19.7 Å². The smallest absolute Gasteiger partial charge is 0.333 e. The van der Waals surface area contributed by atoms with Gasteiger partial charge >= 0.3 is 10.3 Å². The van der Waals surface area contributed by atoms with Crippen LogP contribution >= 0.6 is 11.3 Å². The number of nitrogens with one attached hydrogen (secondary N) is 2. The molecule has 14 heteroatoms. The Balaban J connectivity index is 1.34. The van der Waals surface area contributed by atoms with E-state index < -0.39 is 22.3 Å². The highest BCUT2D eigenvalue weighted by atomic mass is 32.2. The lowest BCUT2D eigenvalue weighted by Crippen LogP contribution is -2.32. The Hall–Kier alpha value is -2.75. The van der Waals surface area contributed by atoms with Crippen molar-refractivity contribution in [1.82, 2.24) is 24.2 Å². The van der Waals surface area contributed by atoms with Gasteiger partial charge in [-0.05, 0) is 32.8 Å². The summed E-state index contributed by atoms with van der Waals surface area (Å²) in [5.74, 6) is 0.538. The van der Waals surface area contributed by atoms with Crippen molar-refractivity contribution in [2.75, 3.05) is 18.5 Å². The SMILES string of the molecule is Cc1cn2c(n1)[C@H](c1cc(C(=O)c3cncnc3N[C@@H]3C[C@H](CNS(=O)(=O)O)[C@@H](O)C3)sc1C)OCC2. The highest BCUT2D eigenvalue weighted by Crippen LogP contribution is 2.36. The number of aliphatic hydroxyl groups is 1. The van der Waals surface area contributed by atoms with Crippen molar-refractivity contribution in [3.63, 3.8) is 0 Å². The lowest BCUT2D eigenvalue weighted by atomic mass is 10.1. The molecule has 4 atom stereocenters. The Morgan fingerprint density at radius 3 is 2.92 bits per heavy atom. The first-order valence-electron chi connectivity index (χ1n) is 11.9. The lowest BCUT2D eigenvalue weighted by Gasteiger charge is -2.24. The number of imidazole rings is 1. The molecule has 198 valence electrons. The van der Waals surface area contributed by atoms with E-state index in [0.29, 0.717) is 35.7 Å². The van der Waals surface area contributed by atoms with Gasteiger partial charge in [0.2, 0.25) is 5.78 Å². The predicted molar refractivity (Wildman–Crippen MR) is 135 cm³/mol. The minimum Gasteiger partial charge on any atom is -0.393 e. The van der Waals surface area contributed by atoms with Gasteiger partial charge in [0.25, 0.3) is 0 Å². The topological polar surface area (TPSA) is 169 Å². The van der Waals surface area contributed by atoms with Gasteiger partial charge in [-0.2, -0.15) is 13.1 Å². The Morgan fingerprint density at radius 2 is 2.14 bits per heavy atom. The maximum absolute atomic E-state index is 13.6. The van der Waals surface area contributed by atoms with Crippen molar-refractivity contribution >= 4 is 33.2 Å². The molecule has 0 saturated heterocycles. The van der Waals surface area contributed by atoms with E-state index in [2.05, 4.69) is 24.8 Å². The van der Waals surface area contributed by atoms with Crippen LogP contribution in [0.5, 0.6) is 0 Å². The molecule has 0 unspecified atom stereocenters. The highest BCUT2D eigenvalue weighted by Gasteiger charge is 2.35. The van der Waals surface area contributed by atoms with Gasteiger partial charge in [0.15, 0.2) is 0 Å². The molecular formula is C23H28N6O6S2. The number of hydrogen-bond donors (Lipinski definition) is 4. The van der Waals surface area contributed by atoms with Crippen LogP contribution in [0.25, 0.3) is 0 Å². The molecule has 1 fully saturated rings. The van der Waals surface area contributed by atoms with E-state index in [4.69, 9.17) is 9.29 Å². The summed E-state index contributed by atoms with van der Waals surface area (Å²) < 4.78 is 41.1. The number of rotatable bonds is 8. The van der Waals surface area contributed by atoms with Crippen LogP contribution in [-0.4, -0.2) is 68.7 Å². The fourth-order valence-corrected chi connectivity index (χ4v) is 6.41. The van der Waals surface area contributed by atoms with Crippen LogP contribution in [0.15, 0.2) is 24.8 Å². The molecule has 1 aliphatic carbocycles. The minimum atomic E-state index is -4.34. The maximum Gasteiger partial charge on any atom is 0.333 e. The monoisotopic (exact) mass is 548 g/mol. The molecule has 0 bridgehead atoms. The van der Waals surface area contributed by atoms with Crippen LogP contribution < -0.4 is 10.0 Å². The molecule has 5 rings (SSSR count). The van der Waals surface area contributed by atoms with Gasteiger partial charge in [-0.1, -0.05) is 0 Å². The summed E-state index contributed by atoms with van der Waals surface area (Å²) in [6, 6.07) is 1.60. The fourth-order valence-electron chi connectivity index (χ4n) is 4.98. The third kappa shape index (κ3) is 5.58. The third-order valence-electron chi connectivity index (χ3n) is 6.72. The highest BCUT2D eigenvalue weighted by molar-refractivity contribution is 7.83. The van der Waals surface area contributed by atoms with E-state index >= 15 is 0 Å². The summed E-state index contributed by atoms with van der Waals surface area (Å²) >= 11 is 1.37. The number of anilines is 1. The zero-order valence-corrected chi connectivity index (χ0v) is 21.9. The number of ether oxygens (including phenoxy) is 1. The van der Waals surface area contributed by atoms with Gasteiger partial charge in [0.1, 0.15) is 24.1 Å². The molecule has 0 aromatic carbocycles. The van der Waals surface area contributed by atoms with Crippen molar-refractivity contribution in [1.29, 1.82) is 0 Å². The molecule has 0 spiro atoms. The molecular weight excluding hydrogens is 520 g/mol. The normalized spacial score (nSPS) is 23.7. The third-order valence-corrected chi connectivity index (χ3v) is 8.32. The fraction of sp³-hybridized carbons (Fsp3) is 0.478. The number of thiophene rings is 1. The zero-order valence-electron chi connectivity index (χ0n) is 20.3. The average molecular weight is 549 g/mol. The molecule has 37 heavy (non-hydrogen) atoms. The number of ketones is 1. The quantitative estimate of drug-likeness (QED) is 0.240. The zero-order chi connectivity index (χ0) is 26.3. The molecule has 0 amide bonds. The first-order chi connectivity index (χ1) is 17.6. The van der Waals surface area contributed by atoms with Crippen molar-refractivity contribution in [2.24, 2.45) is 5.92 Å². The Labute approximate surface area is 218 Å². The van der Waals surface area contributed by atoms with E-state index in [1.165, 1.54) is 23.9 Å². The molecule has 12 nitrogen and oxygen atoms in total. The molecule has 3 aromatic rings. The largest absolute Gasteiger partial charge is 0.393 e. The van der Waals surface area contributed by atoms with E-state index in [9.17, 15) is 18.3 Å². The summed E-state index contributed by atoms with van der Waals surface area (Å²) in [5, 5.41) is 13.6. The van der Waals surface area contributed by atoms with Crippen molar-refractivity contribution in [3.05, 3.63) is 57.2 Å². The number of carbonyl (C=O) groups is 1. The van der Waals surface area contributed by atoms with Crippen LogP contribution in [0.2, 0.25) is 0 Å². The summed E-state index contributed by atoms with van der Waals surface area (Å²) in [6.07, 6.45) is 4.44. The predicted octanol–water partition coefficient (Wildman–Crippen LogP) is 1.65. The van der Waals surface area contributed by atoms with Crippen molar-refractivity contribution in [2.45, 2.75) is 51.5 Å². The average Bonchev–Trinajstić information content (AvgIpc) is 3.52. The van der Waals surface area contributed by atoms with Crippen molar-refractivity contribution in [3.8, 4) is 0 Å². The van der Waals surface area contributed by atoms with E-state index in [0.717, 1.165) is 28.5 Å². The molecule has 1 aliphatic heterocycles. The maximum atomic E-state index is 13.6. The van der Waals surface area contributed by atoms with E-state index in [1.807, 2.05) is 30.8 Å². The number of hydrogen-bond acceptors (Lipinski definition) is 10. The van der Waals surface area contributed by atoms with Gasteiger partial charge in [-0.15, -0.1) is 11.3 Å². The van der Waals surface area contributed by atoms with Gasteiger partial charge in [0, 0.05) is 47.9 Å². The molecule has 2 aliphatic rings. The molecule has 4 N–H and O–H groups in total. The van der Waals surface area contributed by atoms with Crippen molar-refractivity contribution < 1.29 is 27.6 Å². The second-order valence-electron chi connectivity index (χ2n) is 9.38. The van der Waals surface area contributed by atoms with Crippen LogP contribution in [0.4, 0.5) is 5.82 Å². The molecule has 1 saturated carbocycles. The second kappa shape index (κ2) is 10.2. The number of aromatic nitrogens is 4.